The van der Waals surface area contributed by atoms with Crippen molar-refractivity contribution in [1.29, 1.82) is 0 Å². The first kappa shape index (κ1) is 16.4. The minimum absolute atomic E-state index is 0.0824. The first-order valence-corrected chi connectivity index (χ1v) is 7.82. The van der Waals surface area contributed by atoms with Crippen LogP contribution in [0.2, 0.25) is 5.02 Å². The second kappa shape index (κ2) is 6.97. The van der Waals surface area contributed by atoms with Crippen LogP contribution in [0.5, 0.6) is 0 Å². The van der Waals surface area contributed by atoms with E-state index in [0.717, 1.165) is 16.5 Å². The molecular weight excluding hydrogens is 333 g/mol. The topological polar surface area (TPSA) is 57.0 Å². The summed E-state index contributed by atoms with van der Waals surface area (Å²) in [6.45, 7) is 1.51. The molecule has 0 amide bonds. The summed E-state index contributed by atoms with van der Waals surface area (Å²) in [4.78, 5) is 16.1. The van der Waals surface area contributed by atoms with Gasteiger partial charge in [0.2, 0.25) is 0 Å². The minimum Gasteiger partial charge on any atom is -0.462 e. The number of hydrogen-bond acceptors (Lipinski definition) is 4. The molecule has 0 saturated carbocycles. The largest absolute Gasteiger partial charge is 0.462 e. The molecule has 124 valence electrons. The highest BCUT2D eigenvalue weighted by Crippen LogP contribution is 2.19. The Balaban J connectivity index is 1.89. The third-order valence-electron chi connectivity index (χ3n) is 3.52. The summed E-state index contributed by atoms with van der Waals surface area (Å²) in [5.74, 6) is -0.564. The summed E-state index contributed by atoms with van der Waals surface area (Å²) in [5, 5.41) is 5.59. The number of alkyl halides is 1. The minimum atomic E-state index is -0.821. The number of pyridine rings is 1. The number of aromatic nitrogens is 3. The lowest BCUT2D eigenvalue weighted by atomic mass is 10.1. The Labute approximate surface area is 143 Å². The molecule has 0 spiro atoms. The highest BCUT2D eigenvalue weighted by molar-refractivity contribution is 6.31. The van der Waals surface area contributed by atoms with Gasteiger partial charge in [-0.05, 0) is 30.7 Å². The number of benzene rings is 1. The molecule has 0 atom stereocenters. The van der Waals surface area contributed by atoms with E-state index in [-0.39, 0.29) is 17.9 Å². The smallest absolute Gasteiger partial charge is 0.341 e. The Morgan fingerprint density at radius 3 is 2.96 bits per heavy atom. The van der Waals surface area contributed by atoms with Gasteiger partial charge in [-0.15, -0.1) is 0 Å². The van der Waals surface area contributed by atoms with Crippen LogP contribution in [0.15, 0.2) is 36.7 Å². The standard InChI is InChI=1S/C17H15ClFN3O2/c1-2-24-17(23)14-10-22(21-16(14)7-19)9-11-3-4-15-12(5-11)6-13(18)8-20-15/h3-6,8,10H,2,7,9H2,1H3. The molecule has 0 aliphatic rings. The van der Waals surface area contributed by atoms with Gasteiger partial charge in [0.05, 0.1) is 23.7 Å². The number of fused-ring (bicyclic) bond motifs is 1. The zero-order valence-electron chi connectivity index (χ0n) is 13.0. The summed E-state index contributed by atoms with van der Waals surface area (Å²) in [6, 6.07) is 7.56. The van der Waals surface area contributed by atoms with E-state index in [9.17, 15) is 9.18 Å². The van der Waals surface area contributed by atoms with Crippen LogP contribution < -0.4 is 0 Å². The van der Waals surface area contributed by atoms with Gasteiger partial charge < -0.3 is 4.74 Å². The number of hydrogen-bond donors (Lipinski definition) is 0. The molecule has 2 heterocycles. The molecule has 0 fully saturated rings. The number of nitrogens with zero attached hydrogens (tertiary/aromatic N) is 3. The summed E-state index contributed by atoms with van der Waals surface area (Å²) >= 11 is 5.97. The van der Waals surface area contributed by atoms with E-state index in [1.807, 2.05) is 24.3 Å². The average molecular weight is 348 g/mol. The van der Waals surface area contributed by atoms with Crippen molar-refractivity contribution in [2.45, 2.75) is 20.1 Å². The quantitative estimate of drug-likeness (QED) is 0.659. The van der Waals surface area contributed by atoms with Gasteiger partial charge in [-0.3, -0.25) is 9.67 Å². The molecule has 0 aliphatic heterocycles. The number of carbonyl (C=O) groups excluding carboxylic acids is 1. The second-order valence-corrected chi connectivity index (χ2v) is 5.66. The monoisotopic (exact) mass is 347 g/mol. The summed E-state index contributed by atoms with van der Waals surface area (Å²) in [5.41, 5.74) is 2.01. The van der Waals surface area contributed by atoms with E-state index in [0.29, 0.717) is 11.6 Å². The molecule has 7 heteroatoms. The normalized spacial score (nSPS) is 11.0. The Morgan fingerprint density at radius 1 is 1.38 bits per heavy atom. The zero-order valence-corrected chi connectivity index (χ0v) is 13.8. The molecule has 5 nitrogen and oxygen atoms in total. The second-order valence-electron chi connectivity index (χ2n) is 5.22. The van der Waals surface area contributed by atoms with Crippen LogP contribution in [0.4, 0.5) is 4.39 Å². The van der Waals surface area contributed by atoms with Crippen molar-refractivity contribution in [2.24, 2.45) is 0 Å². The van der Waals surface area contributed by atoms with Crippen LogP contribution in [0.1, 0.15) is 28.5 Å². The van der Waals surface area contributed by atoms with Crippen molar-refractivity contribution in [2.75, 3.05) is 6.61 Å². The molecule has 0 bridgehead atoms. The summed E-state index contributed by atoms with van der Waals surface area (Å²) in [7, 11) is 0. The van der Waals surface area contributed by atoms with Gasteiger partial charge >= 0.3 is 5.97 Å². The lowest BCUT2D eigenvalue weighted by Gasteiger charge is -2.04. The molecule has 0 unspecified atom stereocenters. The van der Waals surface area contributed by atoms with Crippen molar-refractivity contribution in [3.63, 3.8) is 0 Å². The van der Waals surface area contributed by atoms with E-state index in [4.69, 9.17) is 16.3 Å². The molecule has 0 saturated heterocycles. The lowest BCUT2D eigenvalue weighted by molar-refractivity contribution is 0.0524. The van der Waals surface area contributed by atoms with Crippen molar-refractivity contribution in [1.82, 2.24) is 14.8 Å². The highest BCUT2D eigenvalue weighted by atomic mass is 35.5. The molecule has 1 aromatic carbocycles. The van der Waals surface area contributed by atoms with Gasteiger partial charge in [0.25, 0.3) is 0 Å². The van der Waals surface area contributed by atoms with Crippen molar-refractivity contribution in [3.05, 3.63) is 58.5 Å². The van der Waals surface area contributed by atoms with Crippen LogP contribution in [-0.2, 0) is 18.0 Å². The molecule has 24 heavy (non-hydrogen) atoms. The predicted molar refractivity (Wildman–Crippen MR) is 88.9 cm³/mol. The fourth-order valence-electron chi connectivity index (χ4n) is 2.46. The third-order valence-corrected chi connectivity index (χ3v) is 3.72. The summed E-state index contributed by atoms with van der Waals surface area (Å²) in [6.07, 6.45) is 3.10. The Morgan fingerprint density at radius 2 is 2.21 bits per heavy atom. The molecule has 0 N–H and O–H groups in total. The molecule has 2 aromatic heterocycles. The number of esters is 1. The molecular formula is C17H15ClFN3O2. The van der Waals surface area contributed by atoms with Gasteiger partial charge in [-0.25, -0.2) is 9.18 Å². The van der Waals surface area contributed by atoms with Gasteiger partial charge in [0.15, 0.2) is 0 Å². The Kier molecular flexibility index (Phi) is 4.76. The predicted octanol–water partition coefficient (Wildman–Crippen LogP) is 3.78. The van der Waals surface area contributed by atoms with Crippen LogP contribution in [0.25, 0.3) is 10.9 Å². The third kappa shape index (κ3) is 3.38. The van der Waals surface area contributed by atoms with Crippen molar-refractivity contribution in [3.8, 4) is 0 Å². The van der Waals surface area contributed by atoms with Crippen LogP contribution >= 0.6 is 11.6 Å². The van der Waals surface area contributed by atoms with Crippen LogP contribution in [0, 0.1) is 0 Å². The van der Waals surface area contributed by atoms with Crippen LogP contribution in [0.3, 0.4) is 0 Å². The molecule has 3 aromatic rings. The van der Waals surface area contributed by atoms with E-state index < -0.39 is 12.6 Å². The van der Waals surface area contributed by atoms with E-state index in [1.165, 1.54) is 10.9 Å². The number of carbonyl (C=O) groups is 1. The van der Waals surface area contributed by atoms with E-state index in [1.54, 1.807) is 13.1 Å². The molecule has 0 aliphatic carbocycles. The maximum atomic E-state index is 13.1. The van der Waals surface area contributed by atoms with Crippen LogP contribution in [-0.4, -0.2) is 27.3 Å². The van der Waals surface area contributed by atoms with Gasteiger partial charge in [0, 0.05) is 17.8 Å². The zero-order chi connectivity index (χ0) is 17.1. The van der Waals surface area contributed by atoms with Gasteiger partial charge in [-0.1, -0.05) is 17.7 Å². The average Bonchev–Trinajstić information content (AvgIpc) is 2.97. The molecule has 0 radical (unpaired) electrons. The Hall–Kier alpha value is -2.47. The molecule has 3 rings (SSSR count). The first-order valence-electron chi connectivity index (χ1n) is 7.44. The fraction of sp³-hybridized carbons (Fsp3) is 0.235. The maximum Gasteiger partial charge on any atom is 0.341 e. The highest BCUT2D eigenvalue weighted by Gasteiger charge is 2.17. The summed E-state index contributed by atoms with van der Waals surface area (Å²) < 4.78 is 19.5. The maximum absolute atomic E-state index is 13.1. The number of halogens is 2. The number of rotatable bonds is 5. The lowest BCUT2D eigenvalue weighted by Crippen LogP contribution is -2.05. The first-order chi connectivity index (χ1) is 11.6. The van der Waals surface area contributed by atoms with E-state index in [2.05, 4.69) is 10.1 Å². The fourth-order valence-corrected chi connectivity index (χ4v) is 2.63. The Bertz CT molecular complexity index is 895. The van der Waals surface area contributed by atoms with Crippen molar-refractivity contribution < 1.29 is 13.9 Å². The van der Waals surface area contributed by atoms with Crippen molar-refractivity contribution >= 4 is 28.5 Å². The van der Waals surface area contributed by atoms with Gasteiger partial charge in [-0.2, -0.15) is 5.10 Å². The van der Waals surface area contributed by atoms with E-state index >= 15 is 0 Å². The number of ether oxygens (including phenoxy) is 1. The van der Waals surface area contributed by atoms with Gasteiger partial charge in [0.1, 0.15) is 17.9 Å². The SMILES string of the molecule is CCOC(=O)c1cn(Cc2ccc3ncc(Cl)cc3c2)nc1CF.